The Morgan fingerprint density at radius 3 is 2.63 bits per heavy atom. The molecular weight excluding hydrogens is 264 g/mol. The molecule has 106 valence electrons. The molecule has 1 aromatic rings. The Morgan fingerprint density at radius 2 is 2.21 bits per heavy atom. The van der Waals surface area contributed by atoms with Crippen LogP contribution in [0.4, 0.5) is 5.13 Å². The molecule has 1 N–H and O–H groups in total. The van der Waals surface area contributed by atoms with Crippen LogP contribution in [0.2, 0.25) is 0 Å². The Bertz CT molecular complexity index is 479. The monoisotopic (exact) mass is 284 g/mol. The first kappa shape index (κ1) is 14.3. The van der Waals surface area contributed by atoms with E-state index in [1.54, 1.807) is 7.11 Å². The number of ether oxygens (including phenoxy) is 1. The van der Waals surface area contributed by atoms with Crippen LogP contribution in [0.25, 0.3) is 0 Å². The van der Waals surface area contributed by atoms with Gasteiger partial charge in [-0.05, 0) is 6.42 Å². The molecule has 1 fully saturated rings. The average molecular weight is 284 g/mol. The van der Waals surface area contributed by atoms with Crippen molar-refractivity contribution in [2.24, 2.45) is 0 Å². The van der Waals surface area contributed by atoms with E-state index in [0.29, 0.717) is 10.6 Å². The highest BCUT2D eigenvalue weighted by Gasteiger charge is 2.31. The molecule has 0 amide bonds. The van der Waals surface area contributed by atoms with Crippen molar-refractivity contribution in [2.75, 3.05) is 25.1 Å². The third-order valence-corrected chi connectivity index (χ3v) is 4.37. The van der Waals surface area contributed by atoms with E-state index in [0.717, 1.165) is 24.6 Å². The molecule has 1 saturated heterocycles. The van der Waals surface area contributed by atoms with Gasteiger partial charge in [-0.1, -0.05) is 32.1 Å². The van der Waals surface area contributed by atoms with Gasteiger partial charge >= 0.3 is 5.97 Å². The maximum atomic E-state index is 11.3. The highest BCUT2D eigenvalue weighted by atomic mass is 32.1. The number of carboxylic acids is 1. The second-order valence-corrected chi connectivity index (χ2v) is 6.80. The summed E-state index contributed by atoms with van der Waals surface area (Å²) in [7, 11) is 1.71. The number of rotatable bonds is 3. The predicted octanol–water partition coefficient (Wildman–Crippen LogP) is 2.36. The zero-order chi connectivity index (χ0) is 14.2. The fourth-order valence-corrected chi connectivity index (χ4v) is 3.34. The van der Waals surface area contributed by atoms with E-state index in [4.69, 9.17) is 4.74 Å². The van der Waals surface area contributed by atoms with Crippen molar-refractivity contribution in [3.63, 3.8) is 0 Å². The van der Waals surface area contributed by atoms with E-state index in [2.05, 4.69) is 9.88 Å². The summed E-state index contributed by atoms with van der Waals surface area (Å²) in [5, 5.41) is 10.1. The minimum atomic E-state index is -0.892. The first-order chi connectivity index (χ1) is 8.82. The highest BCUT2D eigenvalue weighted by Crippen LogP contribution is 2.35. The number of thiazole rings is 1. The fraction of sp³-hybridized carbons (Fsp3) is 0.692. The van der Waals surface area contributed by atoms with Crippen LogP contribution in [0.5, 0.6) is 0 Å². The normalized spacial score (nSPS) is 20.0. The zero-order valence-electron chi connectivity index (χ0n) is 11.8. The molecule has 0 aromatic carbocycles. The number of hydrogen-bond acceptors (Lipinski definition) is 5. The third-order valence-electron chi connectivity index (χ3n) is 3.27. The van der Waals surface area contributed by atoms with Gasteiger partial charge in [-0.2, -0.15) is 0 Å². The molecule has 1 aliphatic heterocycles. The molecule has 0 saturated carbocycles. The van der Waals surface area contributed by atoms with Crippen LogP contribution >= 0.6 is 11.3 Å². The molecule has 0 bridgehead atoms. The predicted molar refractivity (Wildman–Crippen MR) is 75.4 cm³/mol. The summed E-state index contributed by atoms with van der Waals surface area (Å²) in [5.41, 5.74) is 0.406. The molecule has 1 aliphatic rings. The number of nitrogens with zero attached hydrogens (tertiary/aromatic N) is 2. The van der Waals surface area contributed by atoms with Gasteiger partial charge in [0.2, 0.25) is 0 Å². The van der Waals surface area contributed by atoms with Crippen molar-refractivity contribution in [3.8, 4) is 0 Å². The molecule has 2 heterocycles. The maximum absolute atomic E-state index is 11.3. The van der Waals surface area contributed by atoms with E-state index in [1.165, 1.54) is 11.3 Å². The molecular formula is C13H20N2O3S. The maximum Gasteiger partial charge on any atom is 0.347 e. The minimum Gasteiger partial charge on any atom is -0.477 e. The van der Waals surface area contributed by atoms with Crippen LogP contribution in [0.3, 0.4) is 0 Å². The molecule has 0 spiro atoms. The number of carbonyl (C=O) groups is 1. The van der Waals surface area contributed by atoms with E-state index in [9.17, 15) is 9.90 Å². The van der Waals surface area contributed by atoms with Gasteiger partial charge in [0.15, 0.2) is 5.13 Å². The van der Waals surface area contributed by atoms with Crippen molar-refractivity contribution in [3.05, 3.63) is 10.6 Å². The SMILES string of the molecule is COC1CCN(c2nc(C(C)(C)C)c(C(=O)O)s2)C1. The molecule has 6 heteroatoms. The van der Waals surface area contributed by atoms with E-state index in [-0.39, 0.29) is 11.5 Å². The summed E-state index contributed by atoms with van der Waals surface area (Å²) in [5.74, 6) is -0.892. The lowest BCUT2D eigenvalue weighted by Gasteiger charge is -2.17. The van der Waals surface area contributed by atoms with Gasteiger partial charge < -0.3 is 14.7 Å². The van der Waals surface area contributed by atoms with Crippen LogP contribution in [0.1, 0.15) is 42.6 Å². The average Bonchev–Trinajstić information content (AvgIpc) is 2.94. The van der Waals surface area contributed by atoms with Crippen LogP contribution in [0, 0.1) is 0 Å². The van der Waals surface area contributed by atoms with E-state index < -0.39 is 5.97 Å². The molecule has 19 heavy (non-hydrogen) atoms. The van der Waals surface area contributed by atoms with Crippen LogP contribution in [-0.2, 0) is 10.2 Å². The highest BCUT2D eigenvalue weighted by molar-refractivity contribution is 7.17. The van der Waals surface area contributed by atoms with Gasteiger partial charge in [0, 0.05) is 25.6 Å². The summed E-state index contributed by atoms with van der Waals surface area (Å²) in [6.07, 6.45) is 1.18. The Balaban J connectivity index is 2.31. The summed E-state index contributed by atoms with van der Waals surface area (Å²) >= 11 is 1.26. The van der Waals surface area contributed by atoms with E-state index in [1.807, 2.05) is 20.8 Å². The van der Waals surface area contributed by atoms with Crippen molar-refractivity contribution in [2.45, 2.75) is 38.7 Å². The number of methoxy groups -OCH3 is 1. The van der Waals surface area contributed by atoms with E-state index >= 15 is 0 Å². The van der Waals surface area contributed by atoms with Gasteiger partial charge in [0.25, 0.3) is 0 Å². The number of hydrogen-bond donors (Lipinski definition) is 1. The standard InChI is InChI=1S/C13H20N2O3S/c1-13(2,3)10-9(11(16)17)19-12(14-10)15-6-5-8(7-15)18-4/h8H,5-7H2,1-4H3,(H,16,17). The van der Waals surface area contributed by atoms with Crippen molar-refractivity contribution in [1.29, 1.82) is 0 Å². The summed E-state index contributed by atoms with van der Waals surface area (Å²) < 4.78 is 5.33. The fourth-order valence-electron chi connectivity index (χ4n) is 2.19. The van der Waals surface area contributed by atoms with Crippen molar-refractivity contribution < 1.29 is 14.6 Å². The van der Waals surface area contributed by atoms with Gasteiger partial charge in [0.1, 0.15) is 4.88 Å². The first-order valence-corrected chi connectivity index (χ1v) is 7.17. The quantitative estimate of drug-likeness (QED) is 0.923. The zero-order valence-corrected chi connectivity index (χ0v) is 12.6. The lowest BCUT2D eigenvalue weighted by Crippen LogP contribution is -2.22. The molecule has 0 radical (unpaired) electrons. The number of aromatic nitrogens is 1. The summed E-state index contributed by atoms with van der Waals surface area (Å²) in [4.78, 5) is 18.4. The smallest absolute Gasteiger partial charge is 0.347 e. The molecule has 1 aromatic heterocycles. The van der Waals surface area contributed by atoms with Gasteiger partial charge in [0.05, 0.1) is 11.8 Å². The number of anilines is 1. The van der Waals surface area contributed by atoms with Crippen LogP contribution < -0.4 is 4.90 Å². The van der Waals surface area contributed by atoms with Crippen LogP contribution in [0.15, 0.2) is 0 Å². The second kappa shape index (κ2) is 5.09. The lowest BCUT2D eigenvalue weighted by atomic mass is 9.91. The molecule has 0 aliphatic carbocycles. The first-order valence-electron chi connectivity index (χ1n) is 6.35. The Morgan fingerprint density at radius 1 is 1.53 bits per heavy atom. The molecule has 1 atom stereocenters. The Hall–Kier alpha value is -1.14. The minimum absolute atomic E-state index is 0.218. The molecule has 5 nitrogen and oxygen atoms in total. The Labute approximate surface area is 117 Å². The van der Waals surface area contributed by atoms with Gasteiger partial charge in [-0.25, -0.2) is 9.78 Å². The second-order valence-electron chi connectivity index (χ2n) is 5.82. The van der Waals surface area contributed by atoms with Crippen molar-refractivity contribution in [1.82, 2.24) is 4.98 Å². The van der Waals surface area contributed by atoms with Gasteiger partial charge in [-0.15, -0.1) is 0 Å². The molecule has 1 unspecified atom stereocenters. The summed E-state index contributed by atoms with van der Waals surface area (Å²) in [6, 6.07) is 0. The van der Waals surface area contributed by atoms with Crippen LogP contribution in [-0.4, -0.2) is 42.4 Å². The third kappa shape index (κ3) is 2.90. The largest absolute Gasteiger partial charge is 0.477 e. The number of carboxylic acid groups (broad SMARTS) is 1. The Kier molecular flexibility index (Phi) is 3.82. The molecule has 2 rings (SSSR count). The van der Waals surface area contributed by atoms with Crippen molar-refractivity contribution >= 4 is 22.4 Å². The number of aromatic carboxylic acids is 1. The topological polar surface area (TPSA) is 62.7 Å². The summed E-state index contributed by atoms with van der Waals surface area (Å²) in [6.45, 7) is 7.61. The lowest BCUT2D eigenvalue weighted by molar-refractivity contribution is 0.0699. The van der Waals surface area contributed by atoms with Gasteiger partial charge in [-0.3, -0.25) is 0 Å².